The average molecular weight is 212 g/mol. The molecule has 14 heavy (non-hydrogen) atoms. The van der Waals surface area contributed by atoms with Crippen LogP contribution in [0.5, 0.6) is 0 Å². The Balaban J connectivity index is 3.07. The number of allylic oxidation sites excluding steroid dienone is 1. The maximum atomic E-state index is 11.0. The van der Waals surface area contributed by atoms with Gasteiger partial charge >= 0.3 is 0 Å². The van der Waals surface area contributed by atoms with Crippen molar-refractivity contribution >= 4 is 10.1 Å². The summed E-state index contributed by atoms with van der Waals surface area (Å²) in [4.78, 5) is 0. The van der Waals surface area contributed by atoms with Crippen molar-refractivity contribution in [1.82, 2.24) is 0 Å². The van der Waals surface area contributed by atoms with E-state index in [1.165, 1.54) is 6.08 Å². The first-order valence-electron chi connectivity index (χ1n) is 4.18. The average Bonchev–Trinajstić information content (AvgIpc) is 2.14. The van der Waals surface area contributed by atoms with E-state index in [0.29, 0.717) is 5.56 Å². The van der Waals surface area contributed by atoms with E-state index in [1.807, 2.05) is 0 Å². The molecule has 0 saturated carbocycles. The minimum atomic E-state index is -4.05. The van der Waals surface area contributed by atoms with Crippen LogP contribution in [0.1, 0.15) is 17.2 Å². The molecule has 0 bridgehead atoms. The molecular weight excluding hydrogens is 200 g/mol. The topological polar surface area (TPSA) is 54.4 Å². The Bertz CT molecular complexity index is 395. The van der Waals surface area contributed by atoms with Crippen LogP contribution >= 0.6 is 0 Å². The summed E-state index contributed by atoms with van der Waals surface area (Å²) in [5.41, 5.74) is 0.579. The second-order valence-corrected chi connectivity index (χ2v) is 4.54. The van der Waals surface area contributed by atoms with Crippen LogP contribution in [0.15, 0.2) is 43.0 Å². The van der Waals surface area contributed by atoms with Crippen LogP contribution in [-0.4, -0.2) is 13.0 Å². The molecule has 1 unspecified atom stereocenters. The van der Waals surface area contributed by atoms with Gasteiger partial charge in [0.05, 0.1) is 0 Å². The van der Waals surface area contributed by atoms with Crippen molar-refractivity contribution < 1.29 is 13.0 Å². The zero-order valence-corrected chi connectivity index (χ0v) is 8.44. The summed E-state index contributed by atoms with van der Waals surface area (Å²) in [5.74, 6) is 0. The van der Waals surface area contributed by atoms with Crippen LogP contribution in [0, 0.1) is 0 Å². The van der Waals surface area contributed by atoms with Gasteiger partial charge in [-0.2, -0.15) is 8.42 Å². The van der Waals surface area contributed by atoms with Gasteiger partial charge in [-0.15, -0.1) is 6.58 Å². The fraction of sp³-hybridized carbons (Fsp3) is 0.200. The van der Waals surface area contributed by atoms with Gasteiger partial charge < -0.3 is 0 Å². The Kier molecular flexibility index (Phi) is 3.43. The summed E-state index contributed by atoms with van der Waals surface area (Å²) >= 11 is 0. The fourth-order valence-corrected chi connectivity index (χ4v) is 2.13. The molecule has 1 rings (SSSR count). The van der Waals surface area contributed by atoms with Crippen molar-refractivity contribution in [2.75, 3.05) is 0 Å². The van der Waals surface area contributed by atoms with Crippen LogP contribution in [0.3, 0.4) is 0 Å². The third-order valence-corrected chi connectivity index (χ3v) is 3.10. The molecule has 0 saturated heterocycles. The van der Waals surface area contributed by atoms with Crippen LogP contribution in [-0.2, 0) is 10.1 Å². The third kappa shape index (κ3) is 2.68. The summed E-state index contributed by atoms with van der Waals surface area (Å²) in [6, 6.07) is 8.59. The molecule has 0 aliphatic rings. The zero-order valence-electron chi connectivity index (χ0n) is 7.63. The largest absolute Gasteiger partial charge is 0.285 e. The van der Waals surface area contributed by atoms with Crippen LogP contribution < -0.4 is 0 Å². The Morgan fingerprint density at radius 3 is 2.36 bits per heavy atom. The zero-order chi connectivity index (χ0) is 10.6. The minimum Gasteiger partial charge on any atom is -0.285 e. The standard InChI is InChI=1S/C10H12O3S/c1-2-6-10(14(11,12)13)9-7-4-3-5-8-9/h2-5,7-8,10H,1,6H2,(H,11,12,13). The van der Waals surface area contributed by atoms with E-state index in [2.05, 4.69) is 6.58 Å². The second-order valence-electron chi connectivity index (χ2n) is 2.94. The SMILES string of the molecule is C=CCC(c1ccccc1)S(=O)(=O)O. The van der Waals surface area contributed by atoms with E-state index >= 15 is 0 Å². The Morgan fingerprint density at radius 1 is 1.36 bits per heavy atom. The summed E-state index contributed by atoms with van der Waals surface area (Å²) in [5, 5.41) is -0.902. The lowest BCUT2D eigenvalue weighted by Crippen LogP contribution is -2.11. The third-order valence-electron chi connectivity index (χ3n) is 1.91. The molecule has 0 aliphatic heterocycles. The molecule has 0 heterocycles. The molecule has 1 atom stereocenters. The first-order chi connectivity index (χ1) is 6.55. The van der Waals surface area contributed by atoms with Crippen molar-refractivity contribution in [3.63, 3.8) is 0 Å². The van der Waals surface area contributed by atoms with Crippen LogP contribution in [0.25, 0.3) is 0 Å². The highest BCUT2D eigenvalue weighted by molar-refractivity contribution is 7.86. The summed E-state index contributed by atoms with van der Waals surface area (Å²) in [6.45, 7) is 3.46. The van der Waals surface area contributed by atoms with Crippen LogP contribution in [0.4, 0.5) is 0 Å². The Hall–Kier alpha value is -1.13. The molecule has 0 radical (unpaired) electrons. The molecule has 3 nitrogen and oxygen atoms in total. The Labute approximate surface area is 83.8 Å². The Morgan fingerprint density at radius 2 is 1.93 bits per heavy atom. The lowest BCUT2D eigenvalue weighted by molar-refractivity contribution is 0.468. The van der Waals surface area contributed by atoms with E-state index in [9.17, 15) is 8.42 Å². The second kappa shape index (κ2) is 4.39. The minimum absolute atomic E-state index is 0.211. The van der Waals surface area contributed by atoms with E-state index in [0.717, 1.165) is 0 Å². The number of benzene rings is 1. The van der Waals surface area contributed by atoms with Gasteiger partial charge in [0, 0.05) is 0 Å². The van der Waals surface area contributed by atoms with Crippen molar-refractivity contribution in [2.24, 2.45) is 0 Å². The van der Waals surface area contributed by atoms with Crippen molar-refractivity contribution in [3.8, 4) is 0 Å². The molecule has 0 spiro atoms. The predicted molar refractivity (Wildman–Crippen MR) is 55.5 cm³/mol. The first-order valence-corrected chi connectivity index (χ1v) is 5.68. The molecule has 0 amide bonds. The van der Waals surface area contributed by atoms with Crippen molar-refractivity contribution in [1.29, 1.82) is 0 Å². The molecule has 0 aliphatic carbocycles. The molecule has 1 aromatic carbocycles. The lowest BCUT2D eigenvalue weighted by atomic mass is 10.1. The smallest absolute Gasteiger partial charge is 0.272 e. The highest BCUT2D eigenvalue weighted by Gasteiger charge is 2.22. The van der Waals surface area contributed by atoms with E-state index in [4.69, 9.17) is 4.55 Å². The fourth-order valence-electron chi connectivity index (χ4n) is 1.25. The monoisotopic (exact) mass is 212 g/mol. The number of rotatable bonds is 4. The van der Waals surface area contributed by atoms with Gasteiger partial charge in [-0.3, -0.25) is 4.55 Å². The molecule has 0 fully saturated rings. The van der Waals surface area contributed by atoms with Gasteiger partial charge in [0.15, 0.2) is 0 Å². The number of hydrogen-bond donors (Lipinski definition) is 1. The van der Waals surface area contributed by atoms with Crippen molar-refractivity contribution in [2.45, 2.75) is 11.7 Å². The van der Waals surface area contributed by atoms with Gasteiger partial charge in [-0.1, -0.05) is 36.4 Å². The predicted octanol–water partition coefficient (Wildman–Crippen LogP) is 2.19. The molecular formula is C10H12O3S. The summed E-state index contributed by atoms with van der Waals surface area (Å²) in [7, 11) is -4.05. The highest BCUT2D eigenvalue weighted by atomic mass is 32.2. The molecule has 76 valence electrons. The van der Waals surface area contributed by atoms with Gasteiger partial charge in [0.2, 0.25) is 0 Å². The van der Waals surface area contributed by atoms with E-state index < -0.39 is 15.4 Å². The van der Waals surface area contributed by atoms with Crippen molar-refractivity contribution in [3.05, 3.63) is 48.6 Å². The van der Waals surface area contributed by atoms with E-state index in [-0.39, 0.29) is 6.42 Å². The number of hydrogen-bond acceptors (Lipinski definition) is 2. The molecule has 1 N–H and O–H groups in total. The van der Waals surface area contributed by atoms with Crippen LogP contribution in [0.2, 0.25) is 0 Å². The molecule has 0 aromatic heterocycles. The van der Waals surface area contributed by atoms with Gasteiger partial charge in [0.25, 0.3) is 10.1 Å². The quantitative estimate of drug-likeness (QED) is 0.615. The molecule has 1 aromatic rings. The molecule has 4 heteroatoms. The van der Waals surface area contributed by atoms with E-state index in [1.54, 1.807) is 30.3 Å². The summed E-state index contributed by atoms with van der Waals surface area (Å²) < 4.78 is 31.0. The van der Waals surface area contributed by atoms with Gasteiger partial charge in [-0.25, -0.2) is 0 Å². The lowest BCUT2D eigenvalue weighted by Gasteiger charge is -2.11. The first kappa shape index (κ1) is 10.9. The van der Waals surface area contributed by atoms with Gasteiger partial charge in [-0.05, 0) is 12.0 Å². The summed E-state index contributed by atoms with van der Waals surface area (Å²) in [6.07, 6.45) is 1.69. The highest BCUT2D eigenvalue weighted by Crippen LogP contribution is 2.24. The maximum Gasteiger partial charge on any atom is 0.272 e. The maximum absolute atomic E-state index is 11.0. The normalized spacial score (nSPS) is 13.5. The van der Waals surface area contributed by atoms with Gasteiger partial charge in [0.1, 0.15) is 5.25 Å².